The molecular formula is C33H30Cl3N7O4S. The molecule has 0 unspecified atom stereocenters. The van der Waals surface area contributed by atoms with Gasteiger partial charge in [-0.2, -0.15) is 0 Å². The number of halogens is 3. The molecule has 11 nitrogen and oxygen atoms in total. The second kappa shape index (κ2) is 15.0. The van der Waals surface area contributed by atoms with Crippen LogP contribution in [0.25, 0.3) is 32.6 Å². The largest absolute Gasteiger partial charge is 0.481 e. The summed E-state index contributed by atoms with van der Waals surface area (Å²) in [5, 5.41) is 23.4. The zero-order chi connectivity index (χ0) is 33.8. The maximum Gasteiger partial charge on any atom is 0.317 e. The molecule has 248 valence electrons. The van der Waals surface area contributed by atoms with Crippen molar-refractivity contribution in [2.24, 2.45) is 0 Å². The number of nitrogens with zero attached hydrogens (tertiary/aromatic N) is 3. The Morgan fingerprint density at radius 2 is 1.81 bits per heavy atom. The Labute approximate surface area is 295 Å². The van der Waals surface area contributed by atoms with Crippen LogP contribution < -0.4 is 26.0 Å². The summed E-state index contributed by atoms with van der Waals surface area (Å²) in [5.74, 6) is 0.0565. The summed E-state index contributed by atoms with van der Waals surface area (Å²) in [6.07, 6.45) is 3.02. The maximum absolute atomic E-state index is 11.5. The first-order chi connectivity index (χ1) is 23.2. The maximum atomic E-state index is 11.5. The zero-order valence-corrected chi connectivity index (χ0v) is 28.7. The molecule has 0 radical (unpaired) electrons. The molecule has 0 bridgehead atoms. The Balaban J connectivity index is 1.25. The SMILES string of the molecule is COc1nc(-c2cccc(-c3cccc(Nc4nccc5sc(CNCC(=O)O)nc45)c3Cl)c2Cl)c(Cl)cc1CNC[C@@H]1CCC(=O)N1. The molecule has 4 heterocycles. The van der Waals surface area contributed by atoms with E-state index in [4.69, 9.17) is 49.6 Å². The van der Waals surface area contributed by atoms with E-state index in [9.17, 15) is 9.59 Å². The van der Waals surface area contributed by atoms with Crippen LogP contribution in [0.2, 0.25) is 15.1 Å². The second-order valence-corrected chi connectivity index (χ2v) is 13.3. The molecule has 0 saturated carbocycles. The fourth-order valence-corrected chi connectivity index (χ4v) is 7.25. The van der Waals surface area contributed by atoms with Gasteiger partial charge in [-0.1, -0.05) is 65.1 Å². The first-order valence-electron chi connectivity index (χ1n) is 15.0. The summed E-state index contributed by atoms with van der Waals surface area (Å²) in [4.78, 5) is 36.3. The Hall–Kier alpha value is -4.04. The van der Waals surface area contributed by atoms with Crippen LogP contribution in [0.5, 0.6) is 5.88 Å². The van der Waals surface area contributed by atoms with Crippen molar-refractivity contribution in [1.82, 2.24) is 30.9 Å². The summed E-state index contributed by atoms with van der Waals surface area (Å²) in [6, 6.07) is 14.9. The number of benzene rings is 2. The summed E-state index contributed by atoms with van der Waals surface area (Å²) < 4.78 is 6.51. The van der Waals surface area contributed by atoms with Gasteiger partial charge < -0.3 is 31.1 Å². The number of carbonyl (C=O) groups is 2. The third kappa shape index (κ3) is 7.49. The average Bonchev–Trinajstić information content (AvgIpc) is 3.68. The number of fused-ring (bicyclic) bond motifs is 1. The molecule has 2 aromatic carbocycles. The average molecular weight is 727 g/mol. The number of amides is 1. The molecular weight excluding hydrogens is 697 g/mol. The number of thiazole rings is 1. The first kappa shape index (κ1) is 33.8. The zero-order valence-electron chi connectivity index (χ0n) is 25.6. The third-order valence-corrected chi connectivity index (χ3v) is 9.82. The van der Waals surface area contributed by atoms with Crippen LogP contribution in [-0.2, 0) is 22.7 Å². The molecule has 0 spiro atoms. The monoisotopic (exact) mass is 725 g/mol. The number of ether oxygens (including phenoxy) is 1. The van der Waals surface area contributed by atoms with Crippen LogP contribution in [0, 0.1) is 0 Å². The molecule has 1 atom stereocenters. The molecule has 1 saturated heterocycles. The van der Waals surface area contributed by atoms with E-state index in [2.05, 4.69) is 31.2 Å². The highest BCUT2D eigenvalue weighted by Gasteiger charge is 2.22. The lowest BCUT2D eigenvalue weighted by molar-refractivity contribution is -0.136. The number of carboxylic acids is 1. The number of rotatable bonds is 13. The van der Waals surface area contributed by atoms with Crippen LogP contribution in [0.4, 0.5) is 11.5 Å². The van der Waals surface area contributed by atoms with Crippen LogP contribution in [0.1, 0.15) is 23.4 Å². The van der Waals surface area contributed by atoms with Gasteiger partial charge in [0.2, 0.25) is 11.8 Å². The predicted molar refractivity (Wildman–Crippen MR) is 190 cm³/mol. The van der Waals surface area contributed by atoms with Gasteiger partial charge in [-0.3, -0.25) is 9.59 Å². The number of anilines is 2. The van der Waals surface area contributed by atoms with E-state index in [1.807, 2.05) is 48.5 Å². The van der Waals surface area contributed by atoms with E-state index in [0.29, 0.717) is 86.4 Å². The van der Waals surface area contributed by atoms with E-state index in [-0.39, 0.29) is 18.5 Å². The molecule has 5 N–H and O–H groups in total. The van der Waals surface area contributed by atoms with Gasteiger partial charge in [-0.05, 0) is 24.6 Å². The molecule has 1 aliphatic rings. The molecule has 0 aliphatic carbocycles. The van der Waals surface area contributed by atoms with Crippen molar-refractivity contribution in [3.8, 4) is 28.3 Å². The first-order valence-corrected chi connectivity index (χ1v) is 16.9. The Bertz CT molecular complexity index is 2010. The number of aromatic nitrogens is 3. The molecule has 1 aliphatic heterocycles. The number of hydrogen-bond acceptors (Lipinski definition) is 10. The fourth-order valence-electron chi connectivity index (χ4n) is 5.45. The lowest BCUT2D eigenvalue weighted by atomic mass is 10.00. The van der Waals surface area contributed by atoms with Crippen LogP contribution in [0.3, 0.4) is 0 Å². The van der Waals surface area contributed by atoms with Crippen LogP contribution in [-0.4, -0.2) is 58.2 Å². The Kier molecular flexibility index (Phi) is 10.6. The lowest BCUT2D eigenvalue weighted by Gasteiger charge is -2.17. The Morgan fingerprint density at radius 3 is 2.56 bits per heavy atom. The van der Waals surface area contributed by atoms with Crippen molar-refractivity contribution < 1.29 is 19.4 Å². The fraction of sp³-hybridized carbons (Fsp3) is 0.242. The van der Waals surface area contributed by atoms with Gasteiger partial charge in [0.1, 0.15) is 10.5 Å². The van der Waals surface area contributed by atoms with E-state index in [0.717, 1.165) is 21.7 Å². The van der Waals surface area contributed by atoms with Gasteiger partial charge in [0, 0.05) is 60.5 Å². The van der Waals surface area contributed by atoms with E-state index < -0.39 is 5.97 Å². The highest BCUT2D eigenvalue weighted by Crippen LogP contribution is 2.43. The molecule has 5 aromatic rings. The van der Waals surface area contributed by atoms with Crippen LogP contribution >= 0.6 is 46.1 Å². The van der Waals surface area contributed by atoms with E-state index in [1.54, 1.807) is 13.3 Å². The smallest absolute Gasteiger partial charge is 0.317 e. The summed E-state index contributed by atoms with van der Waals surface area (Å²) in [5.41, 5.74) is 4.45. The minimum absolute atomic E-state index is 0.0708. The van der Waals surface area contributed by atoms with Gasteiger partial charge in [-0.25, -0.2) is 15.0 Å². The van der Waals surface area contributed by atoms with Crippen molar-refractivity contribution in [2.45, 2.75) is 32.0 Å². The third-order valence-electron chi connectivity index (χ3n) is 7.70. The summed E-state index contributed by atoms with van der Waals surface area (Å²) in [6.45, 7) is 1.24. The molecule has 1 amide bonds. The number of aliphatic carboxylic acids is 1. The number of pyridine rings is 2. The number of methoxy groups -OCH3 is 1. The summed E-state index contributed by atoms with van der Waals surface area (Å²) in [7, 11) is 1.55. The lowest BCUT2D eigenvalue weighted by Crippen LogP contribution is -2.35. The van der Waals surface area contributed by atoms with Crippen molar-refractivity contribution in [3.05, 3.63) is 80.4 Å². The molecule has 3 aromatic heterocycles. The van der Waals surface area contributed by atoms with Gasteiger partial charge in [0.15, 0.2) is 5.82 Å². The number of nitrogens with one attached hydrogen (secondary N) is 4. The minimum atomic E-state index is -0.936. The van der Waals surface area contributed by atoms with E-state index in [1.165, 1.54) is 11.3 Å². The quantitative estimate of drug-likeness (QED) is 0.0890. The van der Waals surface area contributed by atoms with Crippen LogP contribution in [0.15, 0.2) is 54.7 Å². The van der Waals surface area contributed by atoms with Gasteiger partial charge >= 0.3 is 5.97 Å². The standard InChI is InChI=1S/C33H30Cl3N7O4S/c1-47-33-17(13-37-14-18-8-9-25(44)40-18)12-22(34)30(43-33)21-6-2-4-19(28(21)35)20-5-3-7-23(29(20)36)41-32-31-24(10-11-39-32)48-26(42-31)15-38-16-27(45)46/h2-7,10-12,18,37-38H,8-9,13-16H2,1H3,(H,39,41)(H,40,44)(H,45,46)/t18-/m0/s1. The highest BCUT2D eigenvalue weighted by atomic mass is 35.5. The predicted octanol–water partition coefficient (Wildman–Crippen LogP) is 6.68. The second-order valence-electron chi connectivity index (χ2n) is 11.0. The van der Waals surface area contributed by atoms with E-state index >= 15 is 0 Å². The number of carbonyl (C=O) groups excluding carboxylic acids is 1. The van der Waals surface area contributed by atoms with Crippen molar-refractivity contribution >= 4 is 79.7 Å². The normalized spacial score (nSPS) is 14.3. The minimum Gasteiger partial charge on any atom is -0.481 e. The Morgan fingerprint density at radius 1 is 1.04 bits per heavy atom. The van der Waals surface area contributed by atoms with Crippen molar-refractivity contribution in [2.75, 3.05) is 25.5 Å². The molecule has 15 heteroatoms. The number of hydrogen-bond donors (Lipinski definition) is 5. The van der Waals surface area contributed by atoms with Crippen molar-refractivity contribution in [1.29, 1.82) is 0 Å². The van der Waals surface area contributed by atoms with Gasteiger partial charge in [0.25, 0.3) is 0 Å². The molecule has 48 heavy (non-hydrogen) atoms. The topological polar surface area (TPSA) is 150 Å². The van der Waals surface area contributed by atoms with Gasteiger partial charge in [-0.15, -0.1) is 11.3 Å². The highest BCUT2D eigenvalue weighted by molar-refractivity contribution is 7.18. The molecule has 6 rings (SSSR count). The van der Waals surface area contributed by atoms with Gasteiger partial charge in [0.05, 0.1) is 44.8 Å². The molecule has 1 fully saturated rings. The van der Waals surface area contributed by atoms with Crippen molar-refractivity contribution in [3.63, 3.8) is 0 Å². The summed E-state index contributed by atoms with van der Waals surface area (Å²) >= 11 is 22.3. The number of carboxylic acid groups (broad SMARTS) is 1.